The van der Waals surface area contributed by atoms with E-state index >= 15 is 0 Å². The van der Waals surface area contributed by atoms with Crippen LogP contribution in [0.1, 0.15) is 33.1 Å². The second-order valence-electron chi connectivity index (χ2n) is 6.04. The lowest BCUT2D eigenvalue weighted by molar-refractivity contribution is -0.158. The van der Waals surface area contributed by atoms with Gasteiger partial charge in [-0.3, -0.25) is 4.79 Å². The molecule has 1 aromatic rings. The Hall–Kier alpha value is -2.31. The van der Waals surface area contributed by atoms with Crippen LogP contribution in [0.4, 0.5) is 13.2 Å². The molecule has 0 bridgehead atoms. The first-order chi connectivity index (χ1) is 13.0. The molecule has 1 aromatic heterocycles. The van der Waals surface area contributed by atoms with E-state index in [1.54, 1.807) is 6.92 Å². The van der Waals surface area contributed by atoms with E-state index in [2.05, 4.69) is 14.5 Å². The molecule has 0 radical (unpaired) electrons. The molecule has 28 heavy (non-hydrogen) atoms. The Morgan fingerprint density at radius 1 is 1.36 bits per heavy atom. The van der Waals surface area contributed by atoms with Crippen molar-refractivity contribution >= 4 is 16.1 Å². The summed E-state index contributed by atoms with van der Waals surface area (Å²) in [7, 11) is -5.76. The third-order valence-corrected chi connectivity index (χ3v) is 5.16. The van der Waals surface area contributed by atoms with Gasteiger partial charge in [0.1, 0.15) is 24.0 Å². The molecule has 1 aliphatic rings. The van der Waals surface area contributed by atoms with Crippen molar-refractivity contribution in [1.82, 2.24) is 15.0 Å². The first kappa shape index (κ1) is 22.0. The highest BCUT2D eigenvalue weighted by Crippen LogP contribution is 2.39. The van der Waals surface area contributed by atoms with Crippen LogP contribution in [0.15, 0.2) is 18.0 Å². The summed E-state index contributed by atoms with van der Waals surface area (Å²) in [5.74, 6) is -0.658. The summed E-state index contributed by atoms with van der Waals surface area (Å²) in [4.78, 5) is 12.5. The van der Waals surface area contributed by atoms with Crippen LogP contribution in [0, 0.1) is 5.41 Å². The van der Waals surface area contributed by atoms with Crippen LogP contribution >= 0.6 is 0 Å². The summed E-state index contributed by atoms with van der Waals surface area (Å²) in [6, 6.07) is 0. The predicted octanol–water partition coefficient (Wildman–Crippen LogP) is 2.16. The van der Waals surface area contributed by atoms with Crippen molar-refractivity contribution in [2.75, 3.05) is 13.2 Å². The van der Waals surface area contributed by atoms with Crippen LogP contribution < -0.4 is 4.74 Å². The zero-order valence-corrected chi connectivity index (χ0v) is 16.0. The first-order valence-electron chi connectivity index (χ1n) is 8.43. The molecule has 0 saturated carbocycles. The Bertz CT molecular complexity index is 836. The molecule has 2 rings (SSSR count). The first-order valence-corrected chi connectivity index (χ1v) is 9.84. The van der Waals surface area contributed by atoms with Crippen molar-refractivity contribution in [2.45, 2.75) is 45.2 Å². The lowest BCUT2D eigenvalue weighted by Gasteiger charge is -2.33. The monoisotopic (exact) mass is 427 g/mol. The van der Waals surface area contributed by atoms with Crippen LogP contribution in [-0.4, -0.2) is 48.1 Å². The van der Waals surface area contributed by atoms with Crippen LogP contribution in [0.3, 0.4) is 0 Å². The number of carbonyl (C=O) groups excluding carboxylic acids is 1. The summed E-state index contributed by atoms with van der Waals surface area (Å²) in [6.07, 6.45) is 2.18. The molecule has 1 atom stereocenters. The van der Waals surface area contributed by atoms with E-state index in [1.807, 2.05) is 6.92 Å². The summed E-state index contributed by atoms with van der Waals surface area (Å²) in [5.41, 5.74) is -6.73. The molecule has 0 N–H and O–H groups in total. The average molecular weight is 427 g/mol. The SMILES string of the molecule is CCOC(=O)C1(COc2cnnn2CC)CC=C(OS(=O)(=O)C(F)(F)F)CC1. The quantitative estimate of drug-likeness (QED) is 0.353. The van der Waals surface area contributed by atoms with Crippen LogP contribution in [0.25, 0.3) is 0 Å². The van der Waals surface area contributed by atoms with Gasteiger partial charge in [-0.25, -0.2) is 4.68 Å². The Kier molecular flexibility index (Phi) is 6.57. The highest BCUT2D eigenvalue weighted by molar-refractivity contribution is 7.87. The number of ether oxygens (including phenoxy) is 2. The molecular weight excluding hydrogens is 407 g/mol. The van der Waals surface area contributed by atoms with E-state index in [0.717, 1.165) is 6.08 Å². The summed E-state index contributed by atoms with van der Waals surface area (Å²) >= 11 is 0. The maximum atomic E-state index is 12.5. The number of nitrogens with zero attached hydrogens (tertiary/aromatic N) is 3. The maximum Gasteiger partial charge on any atom is 0.534 e. The van der Waals surface area contributed by atoms with Gasteiger partial charge in [-0.2, -0.15) is 21.6 Å². The third kappa shape index (κ3) is 4.75. The lowest BCUT2D eigenvalue weighted by Crippen LogP contribution is -2.40. The fraction of sp³-hybridized carbons (Fsp3) is 0.667. The zero-order valence-electron chi connectivity index (χ0n) is 15.2. The van der Waals surface area contributed by atoms with E-state index in [1.165, 1.54) is 10.9 Å². The fourth-order valence-electron chi connectivity index (χ4n) is 2.59. The van der Waals surface area contributed by atoms with E-state index in [4.69, 9.17) is 9.47 Å². The van der Waals surface area contributed by atoms with Crippen molar-refractivity contribution in [1.29, 1.82) is 0 Å². The Labute approximate surface area is 159 Å². The number of aromatic nitrogens is 3. The minimum atomic E-state index is -5.76. The molecule has 1 aliphatic carbocycles. The van der Waals surface area contributed by atoms with E-state index in [9.17, 15) is 26.4 Å². The van der Waals surface area contributed by atoms with Crippen LogP contribution in [0.5, 0.6) is 5.88 Å². The van der Waals surface area contributed by atoms with Gasteiger partial charge in [-0.05, 0) is 32.8 Å². The zero-order chi connectivity index (χ0) is 21.0. The number of hydrogen-bond acceptors (Lipinski definition) is 8. The average Bonchev–Trinajstić information content (AvgIpc) is 3.08. The molecule has 1 unspecified atom stereocenters. The number of esters is 1. The van der Waals surface area contributed by atoms with Crippen molar-refractivity contribution in [2.24, 2.45) is 5.41 Å². The van der Waals surface area contributed by atoms with Gasteiger partial charge in [-0.15, -0.1) is 5.10 Å². The predicted molar refractivity (Wildman–Crippen MR) is 88.3 cm³/mol. The number of alkyl halides is 3. The van der Waals surface area contributed by atoms with E-state index < -0.39 is 27.0 Å². The van der Waals surface area contributed by atoms with Crippen LogP contribution in [-0.2, 0) is 30.4 Å². The Morgan fingerprint density at radius 3 is 2.61 bits per heavy atom. The third-order valence-electron chi connectivity index (χ3n) is 4.16. The second kappa shape index (κ2) is 8.37. The van der Waals surface area contributed by atoms with Crippen LogP contribution in [0.2, 0.25) is 0 Å². The molecule has 0 aliphatic heterocycles. The molecule has 158 valence electrons. The smallest absolute Gasteiger partial charge is 0.475 e. The van der Waals surface area contributed by atoms with Crippen molar-refractivity contribution in [3.63, 3.8) is 0 Å². The fourth-order valence-corrected chi connectivity index (χ4v) is 3.12. The topological polar surface area (TPSA) is 110 Å². The van der Waals surface area contributed by atoms with E-state index in [0.29, 0.717) is 12.4 Å². The standard InChI is InChI=1S/C15H20F3N3O6S/c1-3-21-12(9-19-20-21)26-10-14(13(22)25-4-2)7-5-11(6-8-14)27-28(23,24)15(16,17)18/h5,9H,3-4,6-8,10H2,1-2H3. The van der Waals surface area contributed by atoms with Gasteiger partial charge in [0.2, 0.25) is 5.88 Å². The van der Waals surface area contributed by atoms with Crippen molar-refractivity contribution in [3.05, 3.63) is 18.0 Å². The van der Waals surface area contributed by atoms with Gasteiger partial charge in [0, 0.05) is 13.0 Å². The molecule has 13 heteroatoms. The molecular formula is C15H20F3N3O6S. The molecule has 0 saturated heterocycles. The van der Waals surface area contributed by atoms with Gasteiger partial charge in [0.25, 0.3) is 0 Å². The van der Waals surface area contributed by atoms with E-state index in [-0.39, 0.29) is 38.2 Å². The molecule has 9 nitrogen and oxygen atoms in total. The van der Waals surface area contributed by atoms with Gasteiger partial charge in [-0.1, -0.05) is 5.21 Å². The number of carbonyl (C=O) groups is 1. The minimum absolute atomic E-state index is 0.0151. The van der Waals surface area contributed by atoms with Crippen molar-refractivity contribution < 1.29 is 40.0 Å². The van der Waals surface area contributed by atoms with Gasteiger partial charge < -0.3 is 13.7 Å². The van der Waals surface area contributed by atoms with Gasteiger partial charge in [0.15, 0.2) is 0 Å². The lowest BCUT2D eigenvalue weighted by atomic mass is 9.77. The number of rotatable bonds is 8. The van der Waals surface area contributed by atoms with Crippen molar-refractivity contribution in [3.8, 4) is 5.88 Å². The molecule has 0 fully saturated rings. The van der Waals surface area contributed by atoms with Gasteiger partial charge >= 0.3 is 21.6 Å². The van der Waals surface area contributed by atoms with Gasteiger partial charge in [0.05, 0.1) is 6.61 Å². The normalized spacial score (nSPS) is 20.4. The molecule has 0 spiro atoms. The molecule has 1 heterocycles. The molecule has 0 aromatic carbocycles. The summed E-state index contributed by atoms with van der Waals surface area (Å²) in [6.45, 7) is 3.87. The number of allylic oxidation sites excluding steroid dienone is 2. The molecule has 0 amide bonds. The Balaban J connectivity index is 2.17. The summed E-state index contributed by atoms with van der Waals surface area (Å²) < 4.78 is 76.0. The highest BCUT2D eigenvalue weighted by atomic mass is 32.2. The summed E-state index contributed by atoms with van der Waals surface area (Å²) in [5, 5.41) is 7.50. The Morgan fingerprint density at radius 2 is 2.07 bits per heavy atom. The second-order valence-corrected chi connectivity index (χ2v) is 7.57. The minimum Gasteiger partial charge on any atom is -0.475 e. The highest BCUT2D eigenvalue weighted by Gasteiger charge is 2.50. The largest absolute Gasteiger partial charge is 0.534 e. The maximum absolute atomic E-state index is 12.5. The number of aryl methyl sites for hydroxylation is 1. The number of halogens is 3. The number of hydrogen-bond donors (Lipinski definition) is 0.